The number of rotatable bonds is 12. The summed E-state index contributed by atoms with van der Waals surface area (Å²) >= 11 is 11.5. The number of aromatic nitrogens is 3. The van der Waals surface area contributed by atoms with Gasteiger partial charge in [-0.05, 0) is 145 Å². The third-order valence-corrected chi connectivity index (χ3v) is 7.66. The van der Waals surface area contributed by atoms with Crippen molar-refractivity contribution in [2.24, 2.45) is 0 Å². The zero-order valence-electron chi connectivity index (χ0n) is 33.1. The van der Waals surface area contributed by atoms with E-state index in [1.54, 1.807) is 60.8 Å². The number of nitrogens with zero attached hydrogens (tertiary/aromatic N) is 3. The number of hydrogen-bond acceptors (Lipinski definition) is 10. The summed E-state index contributed by atoms with van der Waals surface area (Å²) in [5.41, 5.74) is 2.41. The lowest BCUT2D eigenvalue weighted by Crippen LogP contribution is -2.05. The van der Waals surface area contributed by atoms with Crippen LogP contribution >= 0.6 is 23.2 Å². The topological polar surface area (TPSA) is 107 Å². The second-order valence-corrected chi connectivity index (χ2v) is 14.3. The van der Waals surface area contributed by atoms with E-state index in [9.17, 15) is 4.39 Å². The second kappa shape index (κ2) is 20.9. The van der Waals surface area contributed by atoms with E-state index in [4.69, 9.17) is 56.0 Å². The SMILES string of the molecule is CC(C)Oc1ccc(Oc2nc3ccc(Cl)cc3o2)cc1.CC(C)Oc1ccc(Oc2ncc(Cl)cc2F)cc1.Cc1ccc(Oc2ccc(OC(C)C)cc2)nc1. The molecule has 3 heterocycles. The van der Waals surface area contributed by atoms with Gasteiger partial charge < -0.3 is 32.8 Å². The van der Waals surface area contributed by atoms with Crippen molar-refractivity contribution in [1.82, 2.24) is 15.0 Å². The van der Waals surface area contributed by atoms with Crippen LogP contribution in [0.25, 0.3) is 11.1 Å². The van der Waals surface area contributed by atoms with Gasteiger partial charge in [-0.2, -0.15) is 4.98 Å². The number of oxazole rings is 1. The van der Waals surface area contributed by atoms with Gasteiger partial charge in [-0.1, -0.05) is 29.3 Å². The van der Waals surface area contributed by atoms with E-state index in [1.807, 2.05) is 97.0 Å². The third-order valence-electron chi connectivity index (χ3n) is 7.22. The van der Waals surface area contributed by atoms with Crippen molar-refractivity contribution in [1.29, 1.82) is 0 Å². The lowest BCUT2D eigenvalue weighted by molar-refractivity contribution is 0.241. The summed E-state index contributed by atoms with van der Waals surface area (Å²) in [6, 6.07) is 31.9. The largest absolute Gasteiger partial charge is 0.491 e. The maximum Gasteiger partial charge on any atom is 0.400 e. The van der Waals surface area contributed by atoms with Crippen LogP contribution in [0.3, 0.4) is 0 Å². The third kappa shape index (κ3) is 14.2. The molecule has 7 rings (SSSR count). The normalized spacial score (nSPS) is 10.7. The standard InChI is InChI=1S/C16H14ClNO3.C15H17NO2.C14H13ClFNO2/c1-10(2)19-12-4-6-13(7-5-12)20-16-18-14-8-3-11(17)9-15(14)21-16;1-11(2)17-13-5-7-14(8-6-13)18-15-9-4-12(3)10-16-15;1-9(2)18-11-3-5-12(6-4-11)19-14-13(16)7-10(15)8-17-14/h3-10H,1-2H3;4-11H,1-3H3;3-9H,1-2H3. The number of fused-ring (bicyclic) bond motifs is 1. The number of pyridine rings is 2. The Bertz CT molecular complexity index is 2320. The summed E-state index contributed by atoms with van der Waals surface area (Å²) in [5, 5.41) is 0.825. The fourth-order valence-corrected chi connectivity index (χ4v) is 5.13. The molecule has 0 spiro atoms. The molecule has 0 aliphatic carbocycles. The number of hydrogen-bond donors (Lipinski definition) is 0. The van der Waals surface area contributed by atoms with Crippen LogP contribution in [0.4, 0.5) is 4.39 Å². The van der Waals surface area contributed by atoms with Crippen molar-refractivity contribution >= 4 is 34.3 Å². The fourth-order valence-electron chi connectivity index (χ4n) is 4.82. The smallest absolute Gasteiger partial charge is 0.400 e. The molecule has 4 aromatic carbocycles. The molecule has 7 aromatic rings. The van der Waals surface area contributed by atoms with Crippen molar-refractivity contribution in [2.45, 2.75) is 66.8 Å². The molecule has 3 aromatic heterocycles. The molecule has 0 saturated carbocycles. The van der Waals surface area contributed by atoms with Gasteiger partial charge in [0.25, 0.3) is 5.88 Å². The van der Waals surface area contributed by atoms with Gasteiger partial charge in [0.2, 0.25) is 5.88 Å². The Balaban J connectivity index is 0.000000166. The van der Waals surface area contributed by atoms with Gasteiger partial charge in [-0.15, -0.1) is 0 Å². The number of ether oxygens (including phenoxy) is 6. The van der Waals surface area contributed by atoms with Gasteiger partial charge in [0.05, 0.1) is 23.3 Å². The summed E-state index contributed by atoms with van der Waals surface area (Å²) in [6.07, 6.45) is 3.71. The van der Waals surface area contributed by atoms with Gasteiger partial charge >= 0.3 is 6.08 Å². The highest BCUT2D eigenvalue weighted by Gasteiger charge is 2.10. The first-order chi connectivity index (χ1) is 27.8. The average Bonchev–Trinajstić information content (AvgIpc) is 3.57. The van der Waals surface area contributed by atoms with Gasteiger partial charge in [-0.3, -0.25) is 0 Å². The monoisotopic (exact) mass is 827 g/mol. The zero-order valence-corrected chi connectivity index (χ0v) is 34.6. The van der Waals surface area contributed by atoms with Crippen LogP contribution in [0.2, 0.25) is 10.0 Å². The number of aryl methyl sites for hydroxylation is 1. The predicted octanol–water partition coefficient (Wildman–Crippen LogP) is 13.5. The Morgan fingerprint density at radius 2 is 1.03 bits per heavy atom. The first kappa shape index (κ1) is 43.1. The Morgan fingerprint density at radius 1 is 0.534 bits per heavy atom. The molecule has 0 N–H and O–H groups in total. The van der Waals surface area contributed by atoms with E-state index in [-0.39, 0.29) is 35.3 Å². The fraction of sp³-hybridized carbons (Fsp3) is 0.222. The molecule has 0 aliphatic rings. The highest BCUT2D eigenvalue weighted by molar-refractivity contribution is 6.31. The van der Waals surface area contributed by atoms with Crippen molar-refractivity contribution in [3.8, 4) is 52.3 Å². The van der Waals surface area contributed by atoms with Gasteiger partial charge in [0.1, 0.15) is 40.0 Å². The van der Waals surface area contributed by atoms with E-state index in [0.717, 1.165) is 34.6 Å². The first-order valence-corrected chi connectivity index (χ1v) is 19.2. The van der Waals surface area contributed by atoms with E-state index in [2.05, 4.69) is 15.0 Å². The minimum atomic E-state index is -0.602. The Morgan fingerprint density at radius 3 is 1.52 bits per heavy atom. The number of benzene rings is 4. The van der Waals surface area contributed by atoms with Crippen LogP contribution in [-0.4, -0.2) is 33.3 Å². The molecule has 0 aliphatic heterocycles. The molecule has 302 valence electrons. The maximum atomic E-state index is 13.5. The molecule has 13 heteroatoms. The minimum Gasteiger partial charge on any atom is -0.491 e. The Hall–Kier alpha value is -6.04. The Labute approximate surface area is 347 Å². The molecule has 0 fully saturated rings. The van der Waals surface area contributed by atoms with Crippen molar-refractivity contribution in [2.75, 3.05) is 0 Å². The van der Waals surface area contributed by atoms with Crippen LogP contribution in [0.1, 0.15) is 47.1 Å². The van der Waals surface area contributed by atoms with Gasteiger partial charge in [0.15, 0.2) is 11.4 Å². The summed E-state index contributed by atoms with van der Waals surface area (Å²) in [7, 11) is 0. The van der Waals surface area contributed by atoms with E-state index < -0.39 is 5.82 Å². The van der Waals surface area contributed by atoms with Crippen molar-refractivity contribution in [3.05, 3.63) is 143 Å². The molecular weight excluding hydrogens is 784 g/mol. The van der Waals surface area contributed by atoms with E-state index in [0.29, 0.717) is 33.5 Å². The molecule has 10 nitrogen and oxygen atoms in total. The predicted molar refractivity (Wildman–Crippen MR) is 224 cm³/mol. The average molecular weight is 829 g/mol. The van der Waals surface area contributed by atoms with Gasteiger partial charge in [0, 0.05) is 29.5 Å². The van der Waals surface area contributed by atoms with Crippen LogP contribution in [-0.2, 0) is 0 Å². The van der Waals surface area contributed by atoms with E-state index in [1.165, 1.54) is 6.20 Å². The lowest BCUT2D eigenvalue weighted by Gasteiger charge is -2.10. The summed E-state index contributed by atoms with van der Waals surface area (Å²) in [6.45, 7) is 13.8. The maximum absolute atomic E-state index is 13.5. The zero-order chi connectivity index (χ0) is 41.6. The molecule has 0 radical (unpaired) electrons. The van der Waals surface area contributed by atoms with Crippen LogP contribution < -0.4 is 28.4 Å². The van der Waals surface area contributed by atoms with Crippen molar-refractivity contribution < 1.29 is 37.2 Å². The molecule has 0 saturated heterocycles. The van der Waals surface area contributed by atoms with Gasteiger partial charge in [-0.25, -0.2) is 14.4 Å². The highest BCUT2D eigenvalue weighted by Crippen LogP contribution is 2.29. The van der Waals surface area contributed by atoms with Crippen LogP contribution in [0, 0.1) is 12.7 Å². The molecule has 0 amide bonds. The molecule has 0 unspecified atom stereocenters. The molecule has 0 atom stereocenters. The highest BCUT2D eigenvalue weighted by atomic mass is 35.5. The molecule has 0 bridgehead atoms. The van der Waals surface area contributed by atoms with E-state index >= 15 is 0 Å². The quantitative estimate of drug-likeness (QED) is 0.118. The van der Waals surface area contributed by atoms with Crippen LogP contribution in [0.5, 0.6) is 52.3 Å². The minimum absolute atomic E-state index is 0.0992. The molecular formula is C45H44Cl2FN3O7. The lowest BCUT2D eigenvalue weighted by atomic mass is 10.3. The summed E-state index contributed by atoms with van der Waals surface area (Å²) in [5.74, 6) is 4.11. The number of halogens is 3. The summed E-state index contributed by atoms with van der Waals surface area (Å²) in [4.78, 5) is 12.2. The first-order valence-electron chi connectivity index (χ1n) is 18.4. The Kier molecular flexibility index (Phi) is 15.5. The van der Waals surface area contributed by atoms with Crippen molar-refractivity contribution in [3.63, 3.8) is 0 Å². The molecule has 58 heavy (non-hydrogen) atoms. The van der Waals surface area contributed by atoms with Crippen LogP contribution in [0.15, 0.2) is 126 Å². The summed E-state index contributed by atoms with van der Waals surface area (Å²) < 4.78 is 52.2. The second-order valence-electron chi connectivity index (χ2n) is 13.4.